The molecule has 1 rings (SSSR count). The van der Waals surface area contributed by atoms with Gasteiger partial charge in [-0.25, -0.2) is 0 Å². The van der Waals surface area contributed by atoms with Crippen LogP contribution in [0.1, 0.15) is 26.2 Å². The summed E-state index contributed by atoms with van der Waals surface area (Å²) in [6.45, 7) is 3.22. The Morgan fingerprint density at radius 1 is 1.64 bits per heavy atom. The van der Waals surface area contributed by atoms with Crippen LogP contribution in [0.3, 0.4) is 0 Å². The van der Waals surface area contributed by atoms with Crippen LogP contribution in [-0.4, -0.2) is 30.2 Å². The summed E-state index contributed by atoms with van der Waals surface area (Å²) in [5.74, 6) is 0.799. The lowest BCUT2D eigenvalue weighted by Crippen LogP contribution is -2.39. The van der Waals surface area contributed by atoms with Crippen molar-refractivity contribution in [2.75, 3.05) is 13.1 Å². The maximum Gasteiger partial charge on any atom is 0.220 e. The number of rotatable bonds is 5. The van der Waals surface area contributed by atoms with Crippen molar-refractivity contribution in [1.29, 1.82) is 0 Å². The molecule has 0 aromatic carbocycles. The second kappa shape index (κ2) is 5.32. The van der Waals surface area contributed by atoms with Gasteiger partial charge in [-0.2, -0.15) is 0 Å². The van der Waals surface area contributed by atoms with Crippen LogP contribution in [0.5, 0.6) is 0 Å². The molecule has 1 fully saturated rings. The predicted molar refractivity (Wildman–Crippen MR) is 54.6 cm³/mol. The molecule has 1 atom stereocenters. The number of carbonyl (C=O) groups is 1. The highest BCUT2D eigenvalue weighted by Gasteiger charge is 2.27. The Morgan fingerprint density at radius 3 is 2.79 bits per heavy atom. The maximum absolute atomic E-state index is 11.3. The monoisotopic (exact) mass is 200 g/mol. The van der Waals surface area contributed by atoms with Crippen molar-refractivity contribution >= 4 is 5.91 Å². The normalized spacial score (nSPS) is 27.9. The van der Waals surface area contributed by atoms with Gasteiger partial charge in [0.1, 0.15) is 0 Å². The van der Waals surface area contributed by atoms with E-state index in [9.17, 15) is 4.79 Å². The van der Waals surface area contributed by atoms with Crippen LogP contribution >= 0.6 is 0 Å². The van der Waals surface area contributed by atoms with Gasteiger partial charge >= 0.3 is 0 Å². The fourth-order valence-electron chi connectivity index (χ4n) is 1.60. The minimum absolute atomic E-state index is 0.0735. The Balaban J connectivity index is 2.03. The summed E-state index contributed by atoms with van der Waals surface area (Å²) >= 11 is 0. The van der Waals surface area contributed by atoms with Crippen LogP contribution in [0, 0.1) is 11.8 Å². The lowest BCUT2D eigenvalue weighted by Gasteiger charge is -2.31. The zero-order valence-corrected chi connectivity index (χ0v) is 8.70. The molecule has 0 saturated heterocycles. The molecule has 0 bridgehead atoms. The van der Waals surface area contributed by atoms with E-state index in [1.54, 1.807) is 0 Å². The minimum atomic E-state index is -0.139. The van der Waals surface area contributed by atoms with E-state index in [1.807, 2.05) is 6.92 Å². The third kappa shape index (κ3) is 3.64. The Labute approximate surface area is 84.9 Å². The average molecular weight is 200 g/mol. The molecule has 0 heterocycles. The average Bonchev–Trinajstić information content (AvgIpc) is 2.10. The van der Waals surface area contributed by atoms with Gasteiger partial charge in [0.25, 0.3) is 0 Å². The molecule has 0 aliphatic heterocycles. The van der Waals surface area contributed by atoms with Gasteiger partial charge in [0.15, 0.2) is 0 Å². The van der Waals surface area contributed by atoms with Crippen molar-refractivity contribution in [3.63, 3.8) is 0 Å². The molecule has 0 radical (unpaired) electrons. The highest BCUT2D eigenvalue weighted by Crippen LogP contribution is 2.26. The van der Waals surface area contributed by atoms with Crippen LogP contribution in [0.2, 0.25) is 0 Å². The smallest absolute Gasteiger partial charge is 0.220 e. The number of carbonyl (C=O) groups excluding carboxylic acids is 1. The van der Waals surface area contributed by atoms with Gasteiger partial charge in [0.05, 0.1) is 6.10 Å². The van der Waals surface area contributed by atoms with Crippen LogP contribution in [0.25, 0.3) is 0 Å². The van der Waals surface area contributed by atoms with Crippen molar-refractivity contribution in [2.24, 2.45) is 17.6 Å². The summed E-state index contributed by atoms with van der Waals surface area (Å²) in [6.07, 6.45) is 2.02. The van der Waals surface area contributed by atoms with Crippen LogP contribution in [-0.2, 0) is 4.79 Å². The second-order valence-electron chi connectivity index (χ2n) is 4.34. The first-order chi connectivity index (χ1) is 6.61. The van der Waals surface area contributed by atoms with Gasteiger partial charge in [-0.15, -0.1) is 0 Å². The molecule has 14 heavy (non-hydrogen) atoms. The summed E-state index contributed by atoms with van der Waals surface area (Å²) in [5.41, 5.74) is 5.42. The molecule has 4 nitrogen and oxygen atoms in total. The molecule has 4 heteroatoms. The van der Waals surface area contributed by atoms with Gasteiger partial charge in [-0.05, 0) is 31.2 Å². The van der Waals surface area contributed by atoms with E-state index in [0.717, 1.165) is 12.8 Å². The SMILES string of the molecule is CC(CN)CC(=O)NCC1CC(O)C1. The number of aliphatic hydroxyl groups excluding tert-OH is 1. The van der Waals surface area contributed by atoms with Crippen molar-refractivity contribution in [3.05, 3.63) is 0 Å². The lowest BCUT2D eigenvalue weighted by molar-refractivity contribution is -0.122. The van der Waals surface area contributed by atoms with Crippen LogP contribution in [0.15, 0.2) is 0 Å². The van der Waals surface area contributed by atoms with E-state index in [0.29, 0.717) is 25.4 Å². The quantitative estimate of drug-likeness (QED) is 0.578. The summed E-state index contributed by atoms with van der Waals surface area (Å²) in [7, 11) is 0. The minimum Gasteiger partial charge on any atom is -0.393 e. The Hall–Kier alpha value is -0.610. The number of aliphatic hydroxyl groups is 1. The van der Waals surface area contributed by atoms with Crippen LogP contribution in [0.4, 0.5) is 0 Å². The largest absolute Gasteiger partial charge is 0.393 e. The summed E-state index contributed by atoms with van der Waals surface area (Å²) in [6, 6.07) is 0. The molecule has 82 valence electrons. The van der Waals surface area contributed by atoms with Crippen LogP contribution < -0.4 is 11.1 Å². The number of hydrogen-bond donors (Lipinski definition) is 3. The van der Waals surface area contributed by atoms with Crippen molar-refractivity contribution in [1.82, 2.24) is 5.32 Å². The molecule has 1 aliphatic carbocycles. The number of nitrogens with two attached hydrogens (primary N) is 1. The van der Waals surface area contributed by atoms with Gasteiger partial charge in [0.2, 0.25) is 5.91 Å². The zero-order chi connectivity index (χ0) is 10.6. The number of amides is 1. The third-order valence-corrected chi connectivity index (χ3v) is 2.73. The highest BCUT2D eigenvalue weighted by molar-refractivity contribution is 5.76. The fraction of sp³-hybridized carbons (Fsp3) is 0.900. The highest BCUT2D eigenvalue weighted by atomic mass is 16.3. The molecule has 1 amide bonds. The van der Waals surface area contributed by atoms with E-state index in [4.69, 9.17) is 10.8 Å². The first kappa shape index (κ1) is 11.5. The van der Waals surface area contributed by atoms with Gasteiger partial charge < -0.3 is 16.2 Å². The van der Waals surface area contributed by atoms with E-state index in [-0.39, 0.29) is 17.9 Å². The van der Waals surface area contributed by atoms with E-state index in [1.165, 1.54) is 0 Å². The molecule has 0 aromatic heterocycles. The molecule has 0 spiro atoms. The maximum atomic E-state index is 11.3. The topological polar surface area (TPSA) is 75.4 Å². The lowest BCUT2D eigenvalue weighted by atomic mass is 9.82. The van der Waals surface area contributed by atoms with Gasteiger partial charge in [0, 0.05) is 13.0 Å². The number of nitrogens with one attached hydrogen (secondary N) is 1. The Kier molecular flexibility index (Phi) is 4.35. The molecular formula is C10H20N2O2. The molecular weight excluding hydrogens is 180 g/mol. The van der Waals surface area contributed by atoms with E-state index >= 15 is 0 Å². The molecule has 1 saturated carbocycles. The molecule has 0 aromatic rings. The number of hydrogen-bond acceptors (Lipinski definition) is 3. The van der Waals surface area contributed by atoms with Crippen molar-refractivity contribution < 1.29 is 9.90 Å². The first-order valence-corrected chi connectivity index (χ1v) is 5.26. The van der Waals surface area contributed by atoms with Gasteiger partial charge in [-0.1, -0.05) is 6.92 Å². The first-order valence-electron chi connectivity index (χ1n) is 5.26. The van der Waals surface area contributed by atoms with Crippen molar-refractivity contribution in [3.8, 4) is 0 Å². The van der Waals surface area contributed by atoms with Gasteiger partial charge in [-0.3, -0.25) is 4.79 Å². The zero-order valence-electron chi connectivity index (χ0n) is 8.70. The predicted octanol–water partition coefficient (Wildman–Crippen LogP) is -0.142. The molecule has 4 N–H and O–H groups in total. The molecule has 1 unspecified atom stereocenters. The summed E-state index contributed by atoms with van der Waals surface area (Å²) in [4.78, 5) is 11.3. The van der Waals surface area contributed by atoms with E-state index < -0.39 is 0 Å². The fourth-order valence-corrected chi connectivity index (χ4v) is 1.60. The van der Waals surface area contributed by atoms with Crippen molar-refractivity contribution in [2.45, 2.75) is 32.3 Å². The summed E-state index contributed by atoms with van der Waals surface area (Å²) in [5, 5.41) is 11.9. The standard InChI is InChI=1S/C10H20N2O2/c1-7(5-11)2-10(14)12-6-8-3-9(13)4-8/h7-9,13H,2-6,11H2,1H3,(H,12,14). The third-order valence-electron chi connectivity index (χ3n) is 2.73. The Morgan fingerprint density at radius 2 is 2.29 bits per heavy atom. The summed E-state index contributed by atoms with van der Waals surface area (Å²) < 4.78 is 0. The second-order valence-corrected chi connectivity index (χ2v) is 4.34. The van der Waals surface area contributed by atoms with E-state index in [2.05, 4.69) is 5.32 Å². The Bertz CT molecular complexity index is 191. The molecule has 1 aliphatic rings.